The minimum Gasteiger partial charge on any atom is -0.341 e. The second-order valence-electron chi connectivity index (χ2n) is 6.39. The van der Waals surface area contributed by atoms with Crippen LogP contribution in [0.3, 0.4) is 0 Å². The first-order valence-corrected chi connectivity index (χ1v) is 8.71. The van der Waals surface area contributed by atoms with E-state index in [9.17, 15) is 9.59 Å². The van der Waals surface area contributed by atoms with Gasteiger partial charge in [0, 0.05) is 38.7 Å². The molecule has 26 heavy (non-hydrogen) atoms. The van der Waals surface area contributed by atoms with E-state index < -0.39 is 0 Å². The molecule has 0 radical (unpaired) electrons. The zero-order valence-corrected chi connectivity index (χ0v) is 15.1. The Morgan fingerprint density at radius 1 is 1.19 bits per heavy atom. The molecule has 0 spiro atoms. The van der Waals surface area contributed by atoms with Crippen molar-refractivity contribution in [2.24, 2.45) is 0 Å². The topological polar surface area (TPSA) is 91.6 Å². The molecule has 1 aromatic heterocycles. The third-order valence-corrected chi connectivity index (χ3v) is 4.36. The lowest BCUT2D eigenvalue weighted by Gasteiger charge is -2.21. The molecule has 0 unspecified atom stereocenters. The van der Waals surface area contributed by atoms with E-state index in [1.165, 1.54) is 0 Å². The van der Waals surface area contributed by atoms with Gasteiger partial charge in [0.25, 0.3) is 0 Å². The quantitative estimate of drug-likeness (QED) is 0.904. The van der Waals surface area contributed by atoms with Crippen molar-refractivity contribution in [3.05, 3.63) is 35.7 Å². The number of hydrogen-bond donors (Lipinski definition) is 1. The summed E-state index contributed by atoms with van der Waals surface area (Å²) in [5, 5.41) is 6.77. The van der Waals surface area contributed by atoms with Gasteiger partial charge in [-0.15, -0.1) is 0 Å². The Labute approximate surface area is 152 Å². The molecule has 2 heterocycles. The van der Waals surface area contributed by atoms with Crippen molar-refractivity contribution >= 4 is 11.9 Å². The van der Waals surface area contributed by atoms with Gasteiger partial charge in [-0.1, -0.05) is 28.9 Å². The van der Waals surface area contributed by atoms with Gasteiger partial charge in [-0.05, 0) is 19.4 Å². The number of carbonyl (C=O) groups is 2. The van der Waals surface area contributed by atoms with Crippen LogP contribution in [0, 0.1) is 6.92 Å². The molecule has 1 aromatic carbocycles. The van der Waals surface area contributed by atoms with E-state index in [4.69, 9.17) is 4.52 Å². The van der Waals surface area contributed by atoms with Crippen molar-refractivity contribution in [1.29, 1.82) is 0 Å². The van der Waals surface area contributed by atoms with Crippen LogP contribution in [0.2, 0.25) is 0 Å². The largest absolute Gasteiger partial charge is 0.341 e. The predicted molar refractivity (Wildman–Crippen MR) is 95.2 cm³/mol. The maximum Gasteiger partial charge on any atom is 0.317 e. The number of nitrogens with one attached hydrogen (secondary N) is 1. The van der Waals surface area contributed by atoms with Gasteiger partial charge >= 0.3 is 6.03 Å². The average Bonchev–Trinajstić information content (AvgIpc) is 2.95. The molecular weight excluding hydrogens is 334 g/mol. The van der Waals surface area contributed by atoms with Crippen LogP contribution in [0.25, 0.3) is 11.4 Å². The fraction of sp³-hybridized carbons (Fsp3) is 0.444. The molecule has 1 aliphatic heterocycles. The predicted octanol–water partition coefficient (Wildman–Crippen LogP) is 1.81. The van der Waals surface area contributed by atoms with Gasteiger partial charge in [-0.2, -0.15) is 4.98 Å². The van der Waals surface area contributed by atoms with E-state index in [0.29, 0.717) is 37.9 Å². The summed E-state index contributed by atoms with van der Waals surface area (Å²) < 4.78 is 5.22. The van der Waals surface area contributed by atoms with Crippen LogP contribution in [-0.4, -0.2) is 58.1 Å². The van der Waals surface area contributed by atoms with Gasteiger partial charge in [0.1, 0.15) is 0 Å². The minimum absolute atomic E-state index is 0.0433. The molecule has 1 aliphatic rings. The summed E-state index contributed by atoms with van der Waals surface area (Å²) in [7, 11) is 0. The molecule has 8 nitrogen and oxygen atoms in total. The summed E-state index contributed by atoms with van der Waals surface area (Å²) >= 11 is 0. The molecule has 0 saturated carbocycles. The Balaban J connectivity index is 1.54. The van der Waals surface area contributed by atoms with Crippen molar-refractivity contribution in [3.63, 3.8) is 0 Å². The molecule has 1 saturated heterocycles. The number of nitrogens with zero attached hydrogens (tertiary/aromatic N) is 4. The lowest BCUT2D eigenvalue weighted by molar-refractivity contribution is -0.128. The maximum absolute atomic E-state index is 12.3. The molecule has 0 bridgehead atoms. The highest BCUT2D eigenvalue weighted by molar-refractivity contribution is 5.75. The second kappa shape index (κ2) is 7.99. The van der Waals surface area contributed by atoms with Crippen molar-refractivity contribution < 1.29 is 14.1 Å². The SMILES string of the molecule is CC(=O)N1CCCN(C(=O)NCc2nc(-c3cccc(C)c3)no2)CC1. The van der Waals surface area contributed by atoms with Gasteiger partial charge in [0.2, 0.25) is 17.6 Å². The van der Waals surface area contributed by atoms with Gasteiger partial charge in [-0.25, -0.2) is 4.79 Å². The Kier molecular flexibility index (Phi) is 5.50. The van der Waals surface area contributed by atoms with Crippen LogP contribution in [-0.2, 0) is 11.3 Å². The fourth-order valence-corrected chi connectivity index (χ4v) is 2.93. The molecular formula is C18H23N5O3. The highest BCUT2D eigenvalue weighted by atomic mass is 16.5. The van der Waals surface area contributed by atoms with Crippen molar-refractivity contribution in [1.82, 2.24) is 25.3 Å². The Bertz CT molecular complexity index is 789. The van der Waals surface area contributed by atoms with Crippen LogP contribution >= 0.6 is 0 Å². The molecule has 3 rings (SSSR count). The molecule has 1 fully saturated rings. The molecule has 138 valence electrons. The number of aromatic nitrogens is 2. The van der Waals surface area contributed by atoms with E-state index in [1.54, 1.807) is 16.7 Å². The maximum atomic E-state index is 12.3. The summed E-state index contributed by atoms with van der Waals surface area (Å²) in [6.45, 7) is 6.10. The Hall–Kier alpha value is -2.90. The number of amides is 3. The number of aryl methyl sites for hydroxylation is 1. The van der Waals surface area contributed by atoms with Gasteiger partial charge < -0.3 is 19.6 Å². The van der Waals surface area contributed by atoms with Crippen LogP contribution in [0.5, 0.6) is 0 Å². The number of urea groups is 1. The Morgan fingerprint density at radius 3 is 2.73 bits per heavy atom. The minimum atomic E-state index is -0.189. The van der Waals surface area contributed by atoms with Crippen molar-refractivity contribution in [2.75, 3.05) is 26.2 Å². The van der Waals surface area contributed by atoms with E-state index in [0.717, 1.165) is 17.5 Å². The van der Waals surface area contributed by atoms with Crippen LogP contribution in [0.4, 0.5) is 4.79 Å². The zero-order chi connectivity index (χ0) is 18.5. The third-order valence-electron chi connectivity index (χ3n) is 4.36. The fourth-order valence-electron chi connectivity index (χ4n) is 2.93. The van der Waals surface area contributed by atoms with E-state index >= 15 is 0 Å². The van der Waals surface area contributed by atoms with E-state index in [2.05, 4.69) is 15.5 Å². The molecule has 8 heteroatoms. The molecule has 2 aromatic rings. The lowest BCUT2D eigenvalue weighted by Crippen LogP contribution is -2.42. The first-order valence-electron chi connectivity index (χ1n) is 8.71. The number of benzene rings is 1. The molecule has 3 amide bonds. The summed E-state index contributed by atoms with van der Waals surface area (Å²) in [5.74, 6) is 0.904. The zero-order valence-electron chi connectivity index (χ0n) is 15.1. The average molecular weight is 357 g/mol. The molecule has 0 atom stereocenters. The Morgan fingerprint density at radius 2 is 1.96 bits per heavy atom. The molecule has 0 aliphatic carbocycles. The van der Waals surface area contributed by atoms with Crippen LogP contribution in [0.1, 0.15) is 24.8 Å². The smallest absolute Gasteiger partial charge is 0.317 e. The number of carbonyl (C=O) groups excluding carboxylic acids is 2. The normalized spacial score (nSPS) is 14.8. The van der Waals surface area contributed by atoms with Crippen LogP contribution in [0.15, 0.2) is 28.8 Å². The summed E-state index contributed by atoms with van der Waals surface area (Å²) in [5.41, 5.74) is 1.99. The van der Waals surface area contributed by atoms with Crippen LogP contribution < -0.4 is 5.32 Å². The molecule has 1 N–H and O–H groups in total. The van der Waals surface area contributed by atoms with Gasteiger partial charge in [0.05, 0.1) is 6.54 Å². The number of hydrogen-bond acceptors (Lipinski definition) is 5. The van der Waals surface area contributed by atoms with Gasteiger partial charge in [0.15, 0.2) is 0 Å². The second-order valence-corrected chi connectivity index (χ2v) is 6.39. The first kappa shape index (κ1) is 17.9. The number of rotatable bonds is 3. The monoisotopic (exact) mass is 357 g/mol. The summed E-state index contributed by atoms with van der Waals surface area (Å²) in [6.07, 6.45) is 0.769. The van der Waals surface area contributed by atoms with E-state index in [1.807, 2.05) is 31.2 Å². The summed E-state index contributed by atoms with van der Waals surface area (Å²) in [4.78, 5) is 31.6. The van der Waals surface area contributed by atoms with Gasteiger partial charge in [-0.3, -0.25) is 4.79 Å². The highest BCUT2D eigenvalue weighted by Crippen LogP contribution is 2.16. The third kappa shape index (κ3) is 4.38. The summed E-state index contributed by atoms with van der Waals surface area (Å²) in [6, 6.07) is 7.64. The van der Waals surface area contributed by atoms with Crippen molar-refractivity contribution in [2.45, 2.75) is 26.8 Å². The highest BCUT2D eigenvalue weighted by Gasteiger charge is 2.20. The first-order chi connectivity index (χ1) is 12.5. The van der Waals surface area contributed by atoms with Crippen molar-refractivity contribution in [3.8, 4) is 11.4 Å². The van der Waals surface area contributed by atoms with E-state index in [-0.39, 0.29) is 18.5 Å². The lowest BCUT2D eigenvalue weighted by atomic mass is 10.1. The standard InChI is InChI=1S/C18H23N5O3/c1-13-5-3-6-15(11-13)17-20-16(26-21-17)12-19-18(25)23-8-4-7-22(9-10-23)14(2)24/h3,5-6,11H,4,7-10,12H2,1-2H3,(H,19,25).